The normalized spacial score (nSPS) is 32.6. The molecule has 0 aromatic carbocycles. The Labute approximate surface area is 58.1 Å². The number of carbonyl (C=O) groups is 2. The van der Waals surface area contributed by atoms with Gasteiger partial charge < -0.3 is 9.47 Å². The molecule has 0 amide bonds. The molecule has 0 radical (unpaired) electrons. The van der Waals surface area contributed by atoms with E-state index in [2.05, 4.69) is 4.74 Å². The van der Waals surface area contributed by atoms with Crippen LogP contribution in [0.15, 0.2) is 0 Å². The minimum atomic E-state index is -0.792. The highest BCUT2D eigenvalue weighted by Crippen LogP contribution is 2.13. The van der Waals surface area contributed by atoms with Crippen LogP contribution in [-0.2, 0) is 19.1 Å². The zero-order valence-electron chi connectivity index (χ0n) is 5.79. The number of cyclic esters (lactones) is 1. The van der Waals surface area contributed by atoms with Gasteiger partial charge in [0.2, 0.25) is 0 Å². The van der Waals surface area contributed by atoms with Gasteiger partial charge in [-0.3, -0.25) is 4.79 Å². The Balaban J connectivity index is 2.74. The fraction of sp³-hybridized carbons (Fsp3) is 0.667. The van der Waals surface area contributed by atoms with E-state index in [0.717, 1.165) is 0 Å². The first-order valence-electron chi connectivity index (χ1n) is 2.94. The van der Waals surface area contributed by atoms with E-state index in [1.165, 1.54) is 7.11 Å². The van der Waals surface area contributed by atoms with Crippen molar-refractivity contribution >= 4 is 11.8 Å². The lowest BCUT2D eigenvalue weighted by Crippen LogP contribution is -2.26. The maximum absolute atomic E-state index is 10.7. The molecule has 1 fully saturated rings. The third-order valence-corrected chi connectivity index (χ3v) is 1.43. The molecule has 10 heavy (non-hydrogen) atoms. The van der Waals surface area contributed by atoms with Crippen LogP contribution >= 0.6 is 0 Å². The number of hydrogen-bond acceptors (Lipinski definition) is 4. The van der Waals surface area contributed by atoms with E-state index in [-0.39, 0.29) is 0 Å². The van der Waals surface area contributed by atoms with Gasteiger partial charge >= 0.3 is 5.97 Å². The summed E-state index contributed by atoms with van der Waals surface area (Å²) in [7, 11) is 1.38. The lowest BCUT2D eigenvalue weighted by Gasteiger charge is -2.07. The maximum Gasteiger partial charge on any atom is 0.377 e. The van der Waals surface area contributed by atoms with Gasteiger partial charge in [-0.2, -0.15) is 0 Å². The van der Waals surface area contributed by atoms with Crippen LogP contribution in [0, 0.1) is 0 Å². The number of esters is 1. The Morgan fingerprint density at radius 2 is 2.10 bits per heavy atom. The molecule has 0 saturated carbocycles. The molecule has 0 aromatic rings. The van der Waals surface area contributed by atoms with Crippen LogP contribution in [0.2, 0.25) is 0 Å². The fourth-order valence-corrected chi connectivity index (χ4v) is 0.917. The molecule has 1 aliphatic heterocycles. The third kappa shape index (κ3) is 0.903. The molecular formula is C6H8O4. The quantitative estimate of drug-likeness (QED) is 0.368. The first-order chi connectivity index (χ1) is 4.66. The number of hydrogen-bond donors (Lipinski definition) is 0. The van der Waals surface area contributed by atoms with E-state index in [0.29, 0.717) is 0 Å². The first-order valence-corrected chi connectivity index (χ1v) is 2.94. The highest BCUT2D eigenvalue weighted by atomic mass is 16.6. The Kier molecular flexibility index (Phi) is 1.72. The van der Waals surface area contributed by atoms with Crippen molar-refractivity contribution < 1.29 is 19.1 Å². The third-order valence-electron chi connectivity index (χ3n) is 1.43. The summed E-state index contributed by atoms with van der Waals surface area (Å²) in [4.78, 5) is 21.2. The molecule has 4 heteroatoms. The molecular weight excluding hydrogens is 136 g/mol. The second-order valence-electron chi connectivity index (χ2n) is 2.13. The Morgan fingerprint density at radius 3 is 2.30 bits per heavy atom. The van der Waals surface area contributed by atoms with Gasteiger partial charge in [0.15, 0.2) is 6.10 Å². The fourth-order valence-electron chi connectivity index (χ4n) is 0.917. The van der Waals surface area contributed by atoms with Gasteiger partial charge in [-0.15, -0.1) is 0 Å². The average molecular weight is 144 g/mol. The van der Waals surface area contributed by atoms with Crippen molar-refractivity contribution in [2.75, 3.05) is 7.11 Å². The van der Waals surface area contributed by atoms with Crippen LogP contribution in [0.1, 0.15) is 6.92 Å². The first kappa shape index (κ1) is 7.21. The Hall–Kier alpha value is -0.900. The van der Waals surface area contributed by atoms with Crippen LogP contribution in [0.25, 0.3) is 0 Å². The molecule has 1 saturated heterocycles. The monoisotopic (exact) mass is 144 g/mol. The van der Waals surface area contributed by atoms with Gasteiger partial charge in [0.25, 0.3) is 5.78 Å². The summed E-state index contributed by atoms with van der Waals surface area (Å²) in [6, 6.07) is 0. The van der Waals surface area contributed by atoms with Crippen molar-refractivity contribution in [3.8, 4) is 0 Å². The van der Waals surface area contributed by atoms with Crippen LogP contribution in [0.4, 0.5) is 0 Å². The van der Waals surface area contributed by atoms with Crippen molar-refractivity contribution in [2.24, 2.45) is 0 Å². The summed E-state index contributed by atoms with van der Waals surface area (Å²) < 4.78 is 9.27. The van der Waals surface area contributed by atoms with E-state index in [1.54, 1.807) is 6.92 Å². The largest absolute Gasteiger partial charge is 0.454 e. The van der Waals surface area contributed by atoms with Gasteiger partial charge in [-0.05, 0) is 6.92 Å². The Morgan fingerprint density at radius 1 is 1.50 bits per heavy atom. The van der Waals surface area contributed by atoms with Crippen LogP contribution in [-0.4, -0.2) is 31.1 Å². The van der Waals surface area contributed by atoms with E-state index < -0.39 is 24.0 Å². The minimum absolute atomic E-state index is 0.440. The second-order valence-corrected chi connectivity index (χ2v) is 2.13. The van der Waals surface area contributed by atoms with Crippen LogP contribution in [0.3, 0.4) is 0 Å². The lowest BCUT2D eigenvalue weighted by atomic mass is 10.2. The number of ether oxygens (including phenoxy) is 2. The molecule has 0 aromatic heterocycles. The molecule has 1 aliphatic rings. The molecule has 2 atom stereocenters. The zero-order chi connectivity index (χ0) is 7.72. The summed E-state index contributed by atoms with van der Waals surface area (Å²) in [6.07, 6.45) is -1.14. The zero-order valence-corrected chi connectivity index (χ0v) is 5.79. The number of Topliss-reactive ketones (excluding diaryl/α,β-unsaturated/α-hetero) is 1. The predicted octanol–water partition coefficient (Wildman–Crippen LogP) is -0.484. The van der Waals surface area contributed by atoms with Crippen molar-refractivity contribution in [1.29, 1.82) is 0 Å². The summed E-state index contributed by atoms with van der Waals surface area (Å²) in [5.74, 6) is -1.38. The van der Waals surface area contributed by atoms with Crippen LogP contribution < -0.4 is 0 Å². The summed E-state index contributed by atoms with van der Waals surface area (Å²) >= 11 is 0. The molecule has 0 aliphatic carbocycles. The van der Waals surface area contributed by atoms with Gasteiger partial charge in [-0.25, -0.2) is 4.79 Å². The van der Waals surface area contributed by atoms with Gasteiger partial charge in [-0.1, -0.05) is 0 Å². The molecule has 4 nitrogen and oxygen atoms in total. The van der Waals surface area contributed by atoms with Crippen molar-refractivity contribution in [3.05, 3.63) is 0 Å². The van der Waals surface area contributed by atoms with Crippen LogP contribution in [0.5, 0.6) is 0 Å². The number of rotatable bonds is 1. The smallest absolute Gasteiger partial charge is 0.377 e. The molecule has 1 heterocycles. The van der Waals surface area contributed by atoms with Crippen molar-refractivity contribution in [2.45, 2.75) is 19.1 Å². The van der Waals surface area contributed by atoms with E-state index in [4.69, 9.17) is 4.74 Å². The van der Waals surface area contributed by atoms with E-state index >= 15 is 0 Å². The predicted molar refractivity (Wildman–Crippen MR) is 31.4 cm³/mol. The highest BCUT2D eigenvalue weighted by molar-refractivity contribution is 6.37. The topological polar surface area (TPSA) is 52.6 Å². The summed E-state index contributed by atoms with van der Waals surface area (Å²) in [5, 5.41) is 0. The molecule has 0 spiro atoms. The molecule has 1 rings (SSSR count). The van der Waals surface area contributed by atoms with E-state index in [1.807, 2.05) is 0 Å². The van der Waals surface area contributed by atoms with Gasteiger partial charge in [0.1, 0.15) is 6.10 Å². The van der Waals surface area contributed by atoms with Crippen molar-refractivity contribution in [3.63, 3.8) is 0 Å². The summed E-state index contributed by atoms with van der Waals surface area (Å²) in [6.45, 7) is 1.62. The van der Waals surface area contributed by atoms with Gasteiger partial charge in [0, 0.05) is 7.11 Å². The SMILES string of the molecule is COC1C(=O)C(=O)OC1C. The molecule has 0 N–H and O–H groups in total. The lowest BCUT2D eigenvalue weighted by molar-refractivity contribution is -0.148. The average Bonchev–Trinajstić information content (AvgIpc) is 2.09. The molecule has 0 bridgehead atoms. The highest BCUT2D eigenvalue weighted by Gasteiger charge is 2.40. The Bertz CT molecular complexity index is 175. The number of methoxy groups -OCH3 is 1. The second kappa shape index (κ2) is 2.38. The van der Waals surface area contributed by atoms with Crippen molar-refractivity contribution in [1.82, 2.24) is 0 Å². The molecule has 2 unspecified atom stereocenters. The van der Waals surface area contributed by atoms with Gasteiger partial charge in [0.05, 0.1) is 0 Å². The standard InChI is InChI=1S/C6H8O4/c1-3-5(9-2)4(7)6(8)10-3/h3,5H,1-2H3. The minimum Gasteiger partial charge on any atom is -0.454 e. The molecule has 56 valence electrons. The maximum atomic E-state index is 10.7. The number of carbonyl (C=O) groups excluding carboxylic acids is 2. The van der Waals surface area contributed by atoms with E-state index in [9.17, 15) is 9.59 Å². The number of ketones is 1. The summed E-state index contributed by atoms with van der Waals surface area (Å²) in [5.41, 5.74) is 0.